The highest BCUT2D eigenvalue weighted by molar-refractivity contribution is 6.03. The predicted molar refractivity (Wildman–Crippen MR) is 74.2 cm³/mol. The highest BCUT2D eigenvalue weighted by Crippen LogP contribution is 2.20. The Morgan fingerprint density at radius 2 is 2.10 bits per heavy atom. The van der Waals surface area contributed by atoms with Crippen molar-refractivity contribution in [1.82, 2.24) is 15.2 Å². The zero-order chi connectivity index (χ0) is 14.7. The Hall–Kier alpha value is -2.24. The summed E-state index contributed by atoms with van der Waals surface area (Å²) in [6, 6.07) is 6.15. The van der Waals surface area contributed by atoms with Crippen LogP contribution in [-0.2, 0) is 0 Å². The van der Waals surface area contributed by atoms with Crippen LogP contribution in [-0.4, -0.2) is 27.6 Å². The van der Waals surface area contributed by atoms with Crippen molar-refractivity contribution < 1.29 is 9.18 Å². The molecule has 0 unspecified atom stereocenters. The topological polar surface area (TPSA) is 61.9 Å². The number of hydrogen-bond acceptors (Lipinski definition) is 3. The Morgan fingerprint density at radius 3 is 2.65 bits per heavy atom. The predicted octanol–water partition coefficient (Wildman–Crippen LogP) is 2.73. The van der Waals surface area contributed by atoms with Crippen molar-refractivity contribution in [3.8, 4) is 0 Å². The van der Waals surface area contributed by atoms with E-state index in [1.54, 1.807) is 25.1 Å². The summed E-state index contributed by atoms with van der Waals surface area (Å²) < 4.78 is 13.8. The van der Waals surface area contributed by atoms with Gasteiger partial charge in [-0.15, -0.1) is 5.10 Å². The molecule has 0 aliphatic rings. The smallest absolute Gasteiger partial charge is 0.298 e. The molecule has 1 aromatic heterocycles. The summed E-state index contributed by atoms with van der Waals surface area (Å²) in [6.45, 7) is 6.01. The standard InChI is InChI=1S/C14H17FN4O/c1-4-19(11-8-6-5-7-10(11)15)14(20)13-16-12(9(2)3)17-18-13/h5-9H,4H2,1-3H3,(H,16,17,18). The number of benzene rings is 1. The van der Waals surface area contributed by atoms with Crippen molar-refractivity contribution >= 4 is 11.6 Å². The number of amides is 1. The molecule has 1 N–H and O–H groups in total. The molecule has 0 aliphatic carbocycles. The Morgan fingerprint density at radius 1 is 1.40 bits per heavy atom. The van der Waals surface area contributed by atoms with Gasteiger partial charge in [-0.25, -0.2) is 9.37 Å². The van der Waals surface area contributed by atoms with E-state index >= 15 is 0 Å². The first-order chi connectivity index (χ1) is 9.54. The second-order valence-electron chi connectivity index (χ2n) is 4.70. The van der Waals surface area contributed by atoms with E-state index in [4.69, 9.17) is 0 Å². The third-order valence-corrected chi connectivity index (χ3v) is 2.95. The second-order valence-corrected chi connectivity index (χ2v) is 4.70. The molecule has 1 heterocycles. The summed E-state index contributed by atoms with van der Waals surface area (Å²) >= 11 is 0. The molecule has 1 aromatic carbocycles. The van der Waals surface area contributed by atoms with Crippen molar-refractivity contribution in [2.24, 2.45) is 0 Å². The number of rotatable bonds is 4. The molecule has 2 rings (SSSR count). The average Bonchev–Trinajstić information content (AvgIpc) is 2.91. The van der Waals surface area contributed by atoms with Crippen LogP contribution in [0, 0.1) is 5.82 Å². The van der Waals surface area contributed by atoms with Gasteiger partial charge in [-0.05, 0) is 19.1 Å². The first-order valence-corrected chi connectivity index (χ1v) is 6.53. The molecule has 1 amide bonds. The van der Waals surface area contributed by atoms with Crippen molar-refractivity contribution in [2.45, 2.75) is 26.7 Å². The van der Waals surface area contributed by atoms with E-state index in [-0.39, 0.29) is 17.4 Å². The Kier molecular flexibility index (Phi) is 4.12. The van der Waals surface area contributed by atoms with Crippen molar-refractivity contribution in [2.75, 3.05) is 11.4 Å². The number of nitrogens with one attached hydrogen (secondary N) is 1. The largest absolute Gasteiger partial charge is 0.303 e. The van der Waals surface area contributed by atoms with Crippen LogP contribution >= 0.6 is 0 Å². The van der Waals surface area contributed by atoms with Gasteiger partial charge in [0, 0.05) is 12.5 Å². The zero-order valence-corrected chi connectivity index (χ0v) is 11.7. The molecule has 0 bridgehead atoms. The molecule has 0 aliphatic heterocycles. The van der Waals surface area contributed by atoms with E-state index in [1.807, 2.05) is 13.8 Å². The normalized spacial score (nSPS) is 10.8. The number of anilines is 1. The maximum atomic E-state index is 13.8. The van der Waals surface area contributed by atoms with Crippen LogP contribution in [0.1, 0.15) is 43.1 Å². The molecule has 0 spiro atoms. The summed E-state index contributed by atoms with van der Waals surface area (Å²) in [5.74, 6) is -0.0209. The van der Waals surface area contributed by atoms with E-state index in [0.29, 0.717) is 12.4 Å². The van der Waals surface area contributed by atoms with Gasteiger partial charge < -0.3 is 4.90 Å². The molecule has 0 saturated carbocycles. The Balaban J connectivity index is 2.32. The number of aromatic amines is 1. The fourth-order valence-corrected chi connectivity index (χ4v) is 1.84. The number of hydrogen-bond donors (Lipinski definition) is 1. The molecule has 0 atom stereocenters. The Bertz CT molecular complexity index is 609. The molecule has 2 aromatic rings. The number of carbonyl (C=O) groups excluding carboxylic acids is 1. The van der Waals surface area contributed by atoms with Crippen LogP contribution in [0.2, 0.25) is 0 Å². The molecular weight excluding hydrogens is 259 g/mol. The van der Waals surface area contributed by atoms with Crippen LogP contribution in [0.15, 0.2) is 24.3 Å². The molecule has 0 radical (unpaired) electrons. The van der Waals surface area contributed by atoms with E-state index in [0.717, 1.165) is 0 Å². The van der Waals surface area contributed by atoms with Gasteiger partial charge in [0.1, 0.15) is 11.6 Å². The maximum Gasteiger partial charge on any atom is 0.298 e. The minimum atomic E-state index is -0.442. The quantitative estimate of drug-likeness (QED) is 0.934. The summed E-state index contributed by atoms with van der Waals surface area (Å²) in [6.07, 6.45) is 0. The van der Waals surface area contributed by atoms with Crippen molar-refractivity contribution in [3.63, 3.8) is 0 Å². The van der Waals surface area contributed by atoms with Crippen LogP contribution < -0.4 is 4.90 Å². The molecule has 0 fully saturated rings. The second kappa shape index (κ2) is 5.81. The number of nitrogens with zero attached hydrogens (tertiary/aromatic N) is 3. The number of aromatic nitrogens is 3. The van der Waals surface area contributed by atoms with E-state index in [1.165, 1.54) is 11.0 Å². The van der Waals surface area contributed by atoms with Crippen molar-refractivity contribution in [3.05, 3.63) is 41.7 Å². The highest BCUT2D eigenvalue weighted by Gasteiger charge is 2.23. The van der Waals surface area contributed by atoms with Crippen molar-refractivity contribution in [1.29, 1.82) is 0 Å². The van der Waals surface area contributed by atoms with Crippen LogP contribution in [0.3, 0.4) is 0 Å². The lowest BCUT2D eigenvalue weighted by Gasteiger charge is -2.19. The molecular formula is C14H17FN4O. The molecule has 6 heteroatoms. The lowest BCUT2D eigenvalue weighted by atomic mass is 10.2. The lowest BCUT2D eigenvalue weighted by molar-refractivity contribution is 0.0978. The van der Waals surface area contributed by atoms with E-state index < -0.39 is 11.7 Å². The summed E-state index contributed by atoms with van der Waals surface area (Å²) in [7, 11) is 0. The van der Waals surface area contributed by atoms with Crippen LogP contribution in [0.5, 0.6) is 0 Å². The van der Waals surface area contributed by atoms with E-state index in [2.05, 4.69) is 15.2 Å². The molecule has 5 nitrogen and oxygen atoms in total. The van der Waals surface area contributed by atoms with E-state index in [9.17, 15) is 9.18 Å². The van der Waals surface area contributed by atoms with Gasteiger partial charge in [-0.1, -0.05) is 26.0 Å². The average molecular weight is 276 g/mol. The van der Waals surface area contributed by atoms with Gasteiger partial charge >= 0.3 is 0 Å². The number of carbonyl (C=O) groups is 1. The fourth-order valence-electron chi connectivity index (χ4n) is 1.84. The maximum absolute atomic E-state index is 13.8. The highest BCUT2D eigenvalue weighted by atomic mass is 19.1. The molecule has 106 valence electrons. The number of para-hydroxylation sites is 1. The minimum Gasteiger partial charge on any atom is -0.303 e. The van der Waals surface area contributed by atoms with Gasteiger partial charge in [0.05, 0.1) is 5.69 Å². The Labute approximate surface area is 116 Å². The summed E-state index contributed by atoms with van der Waals surface area (Å²) in [4.78, 5) is 17.9. The lowest BCUT2D eigenvalue weighted by Crippen LogP contribution is -2.32. The molecule has 0 saturated heterocycles. The van der Waals surface area contributed by atoms with Gasteiger partial charge in [0.15, 0.2) is 0 Å². The van der Waals surface area contributed by atoms with Crippen LogP contribution in [0.4, 0.5) is 10.1 Å². The van der Waals surface area contributed by atoms with Crippen LogP contribution in [0.25, 0.3) is 0 Å². The van der Waals surface area contributed by atoms with Gasteiger partial charge in [0.2, 0.25) is 5.82 Å². The SMILES string of the molecule is CCN(C(=O)c1n[nH]c(C(C)C)n1)c1ccccc1F. The first kappa shape index (κ1) is 14.2. The zero-order valence-electron chi connectivity index (χ0n) is 11.7. The fraction of sp³-hybridized carbons (Fsp3) is 0.357. The number of halogens is 1. The third-order valence-electron chi connectivity index (χ3n) is 2.95. The first-order valence-electron chi connectivity index (χ1n) is 6.53. The number of H-pyrrole nitrogens is 1. The summed E-state index contributed by atoms with van der Waals surface area (Å²) in [5.41, 5.74) is 0.232. The third kappa shape index (κ3) is 2.68. The summed E-state index contributed by atoms with van der Waals surface area (Å²) in [5, 5.41) is 6.64. The van der Waals surface area contributed by atoms with Gasteiger partial charge in [-0.3, -0.25) is 9.89 Å². The molecule has 20 heavy (non-hydrogen) atoms. The monoisotopic (exact) mass is 276 g/mol. The minimum absolute atomic E-state index is 0.0544. The van der Waals surface area contributed by atoms with Gasteiger partial charge in [0.25, 0.3) is 5.91 Å². The van der Waals surface area contributed by atoms with Gasteiger partial charge in [-0.2, -0.15) is 0 Å².